The third-order valence-electron chi connectivity index (χ3n) is 4.17. The SMILES string of the molecule is CCCCN(C)CC1(CO)CCC(C)CC1. The van der Waals surface area contributed by atoms with Crippen LogP contribution in [0.5, 0.6) is 0 Å². The molecular formula is C14H29NO. The summed E-state index contributed by atoms with van der Waals surface area (Å²) in [4.78, 5) is 2.41. The molecule has 0 radical (unpaired) electrons. The van der Waals surface area contributed by atoms with E-state index in [1.54, 1.807) is 0 Å². The fourth-order valence-corrected chi connectivity index (χ4v) is 2.82. The quantitative estimate of drug-likeness (QED) is 0.754. The summed E-state index contributed by atoms with van der Waals surface area (Å²) in [6.45, 7) is 7.19. The van der Waals surface area contributed by atoms with Crippen molar-refractivity contribution < 1.29 is 5.11 Å². The predicted molar refractivity (Wildman–Crippen MR) is 69.6 cm³/mol. The van der Waals surface area contributed by atoms with Crippen LogP contribution in [0.25, 0.3) is 0 Å². The van der Waals surface area contributed by atoms with Crippen LogP contribution in [-0.2, 0) is 0 Å². The molecule has 16 heavy (non-hydrogen) atoms. The smallest absolute Gasteiger partial charge is 0.0499 e. The zero-order valence-electron chi connectivity index (χ0n) is 11.3. The number of nitrogens with zero attached hydrogens (tertiary/aromatic N) is 1. The van der Waals surface area contributed by atoms with Gasteiger partial charge in [0.25, 0.3) is 0 Å². The van der Waals surface area contributed by atoms with Gasteiger partial charge in [0.2, 0.25) is 0 Å². The van der Waals surface area contributed by atoms with Crippen LogP contribution in [-0.4, -0.2) is 36.8 Å². The molecule has 2 nitrogen and oxygen atoms in total. The molecule has 0 aromatic carbocycles. The number of rotatable bonds is 6. The average molecular weight is 227 g/mol. The normalized spacial score (nSPS) is 30.9. The number of aliphatic hydroxyl groups excluding tert-OH is 1. The van der Waals surface area contributed by atoms with Gasteiger partial charge >= 0.3 is 0 Å². The molecule has 0 heterocycles. The van der Waals surface area contributed by atoms with Gasteiger partial charge in [0.05, 0.1) is 0 Å². The van der Waals surface area contributed by atoms with Crippen molar-refractivity contribution >= 4 is 0 Å². The molecule has 0 aromatic heterocycles. The Morgan fingerprint density at radius 1 is 1.31 bits per heavy atom. The monoisotopic (exact) mass is 227 g/mol. The van der Waals surface area contributed by atoms with Crippen LogP contribution in [0.2, 0.25) is 0 Å². The van der Waals surface area contributed by atoms with Crippen LogP contribution in [0.1, 0.15) is 52.4 Å². The summed E-state index contributed by atoms with van der Waals surface area (Å²) < 4.78 is 0. The van der Waals surface area contributed by atoms with Gasteiger partial charge in [-0.25, -0.2) is 0 Å². The largest absolute Gasteiger partial charge is 0.396 e. The molecule has 0 spiro atoms. The maximum absolute atomic E-state index is 9.68. The topological polar surface area (TPSA) is 23.5 Å². The maximum atomic E-state index is 9.68. The molecule has 0 unspecified atom stereocenters. The van der Waals surface area contributed by atoms with Crippen LogP contribution < -0.4 is 0 Å². The van der Waals surface area contributed by atoms with Crippen LogP contribution in [0.4, 0.5) is 0 Å². The third-order valence-corrected chi connectivity index (χ3v) is 4.17. The standard InChI is InChI=1S/C14H29NO/c1-4-5-10-15(3)11-14(12-16)8-6-13(2)7-9-14/h13,16H,4-12H2,1-3H3. The van der Waals surface area contributed by atoms with E-state index < -0.39 is 0 Å². The molecular weight excluding hydrogens is 198 g/mol. The Hall–Kier alpha value is -0.0800. The van der Waals surface area contributed by atoms with Crippen LogP contribution in [0.15, 0.2) is 0 Å². The summed E-state index contributed by atoms with van der Waals surface area (Å²) in [7, 11) is 2.20. The molecule has 0 atom stereocenters. The average Bonchev–Trinajstić information content (AvgIpc) is 2.30. The lowest BCUT2D eigenvalue weighted by Crippen LogP contribution is -2.41. The Bertz CT molecular complexity index is 185. The predicted octanol–water partition coefficient (Wildman–Crippen LogP) is 2.91. The van der Waals surface area contributed by atoms with E-state index in [1.807, 2.05) is 0 Å². The molecule has 0 aliphatic heterocycles. The number of unbranched alkanes of at least 4 members (excludes halogenated alkanes) is 1. The molecule has 96 valence electrons. The Morgan fingerprint density at radius 2 is 1.94 bits per heavy atom. The highest BCUT2D eigenvalue weighted by molar-refractivity contribution is 4.86. The lowest BCUT2D eigenvalue weighted by Gasteiger charge is -2.40. The summed E-state index contributed by atoms with van der Waals surface area (Å²) in [5, 5.41) is 9.68. The maximum Gasteiger partial charge on any atom is 0.0499 e. The van der Waals surface area contributed by atoms with Crippen molar-refractivity contribution in [2.24, 2.45) is 11.3 Å². The molecule has 0 saturated heterocycles. The van der Waals surface area contributed by atoms with Gasteiger partial charge in [0.1, 0.15) is 0 Å². The first-order valence-electron chi connectivity index (χ1n) is 6.91. The molecule has 0 bridgehead atoms. The minimum atomic E-state index is 0.203. The van der Waals surface area contributed by atoms with Crippen LogP contribution >= 0.6 is 0 Å². The second-order valence-electron chi connectivity index (χ2n) is 5.93. The second-order valence-corrected chi connectivity index (χ2v) is 5.93. The van der Waals surface area contributed by atoms with E-state index in [4.69, 9.17) is 0 Å². The van der Waals surface area contributed by atoms with Crippen LogP contribution in [0, 0.1) is 11.3 Å². The number of hydrogen-bond donors (Lipinski definition) is 1. The van der Waals surface area contributed by atoms with E-state index in [0.717, 1.165) is 12.5 Å². The van der Waals surface area contributed by atoms with E-state index in [0.29, 0.717) is 6.61 Å². The molecule has 1 aliphatic carbocycles. The van der Waals surface area contributed by atoms with Crippen molar-refractivity contribution in [3.63, 3.8) is 0 Å². The van der Waals surface area contributed by atoms with Crippen LogP contribution in [0.3, 0.4) is 0 Å². The van der Waals surface area contributed by atoms with E-state index >= 15 is 0 Å². The van der Waals surface area contributed by atoms with Crippen molar-refractivity contribution in [3.05, 3.63) is 0 Å². The van der Waals surface area contributed by atoms with E-state index in [-0.39, 0.29) is 5.41 Å². The third kappa shape index (κ3) is 4.06. The van der Waals surface area contributed by atoms with Crippen molar-refractivity contribution in [2.75, 3.05) is 26.7 Å². The molecule has 0 aromatic rings. The first-order chi connectivity index (χ1) is 7.62. The van der Waals surface area contributed by atoms with Gasteiger partial charge in [-0.2, -0.15) is 0 Å². The molecule has 1 fully saturated rings. The van der Waals surface area contributed by atoms with E-state index in [9.17, 15) is 5.11 Å². The number of aliphatic hydroxyl groups is 1. The van der Waals surface area contributed by atoms with Crippen molar-refractivity contribution in [2.45, 2.75) is 52.4 Å². The van der Waals surface area contributed by atoms with Gasteiger partial charge < -0.3 is 10.0 Å². The summed E-state index contributed by atoms with van der Waals surface area (Å²) in [6, 6.07) is 0. The lowest BCUT2D eigenvalue weighted by atomic mass is 9.71. The highest BCUT2D eigenvalue weighted by Gasteiger charge is 2.34. The van der Waals surface area contributed by atoms with E-state index in [1.165, 1.54) is 45.1 Å². The molecule has 2 heteroatoms. The summed E-state index contributed by atoms with van der Waals surface area (Å²) >= 11 is 0. The molecule has 1 aliphatic rings. The van der Waals surface area contributed by atoms with Gasteiger partial charge in [0, 0.05) is 18.6 Å². The lowest BCUT2D eigenvalue weighted by molar-refractivity contribution is 0.0363. The minimum Gasteiger partial charge on any atom is -0.396 e. The molecule has 1 rings (SSSR count). The fourth-order valence-electron chi connectivity index (χ4n) is 2.82. The zero-order chi connectivity index (χ0) is 12.0. The second kappa shape index (κ2) is 6.61. The molecule has 1 N–H and O–H groups in total. The molecule has 1 saturated carbocycles. The summed E-state index contributed by atoms with van der Waals surface area (Å²) in [5.41, 5.74) is 0.203. The van der Waals surface area contributed by atoms with Crippen molar-refractivity contribution in [1.29, 1.82) is 0 Å². The Labute approximate surface area is 101 Å². The Morgan fingerprint density at radius 3 is 2.44 bits per heavy atom. The highest BCUT2D eigenvalue weighted by atomic mass is 16.3. The Balaban J connectivity index is 2.40. The van der Waals surface area contributed by atoms with Gasteiger partial charge in [-0.3, -0.25) is 0 Å². The summed E-state index contributed by atoms with van der Waals surface area (Å²) in [6.07, 6.45) is 7.54. The highest BCUT2D eigenvalue weighted by Crippen LogP contribution is 2.38. The summed E-state index contributed by atoms with van der Waals surface area (Å²) in [5.74, 6) is 0.862. The zero-order valence-corrected chi connectivity index (χ0v) is 11.3. The van der Waals surface area contributed by atoms with Crippen molar-refractivity contribution in [3.8, 4) is 0 Å². The van der Waals surface area contributed by atoms with E-state index in [2.05, 4.69) is 25.8 Å². The minimum absolute atomic E-state index is 0.203. The van der Waals surface area contributed by atoms with Gasteiger partial charge in [-0.05, 0) is 38.8 Å². The van der Waals surface area contributed by atoms with Gasteiger partial charge in [-0.15, -0.1) is 0 Å². The first kappa shape index (κ1) is 14.0. The first-order valence-corrected chi connectivity index (χ1v) is 6.91. The van der Waals surface area contributed by atoms with Gasteiger partial charge in [-0.1, -0.05) is 33.1 Å². The molecule has 0 amide bonds. The fraction of sp³-hybridized carbons (Fsp3) is 1.00. The Kier molecular flexibility index (Phi) is 5.77. The number of hydrogen-bond acceptors (Lipinski definition) is 2. The van der Waals surface area contributed by atoms with Crippen molar-refractivity contribution in [1.82, 2.24) is 4.90 Å². The van der Waals surface area contributed by atoms with Gasteiger partial charge in [0.15, 0.2) is 0 Å².